The number of hydrogen-bond donors (Lipinski definition) is 1. The largest absolute Gasteiger partial charge is 0.465 e. The molecule has 0 aliphatic heterocycles. The van der Waals surface area contributed by atoms with E-state index in [0.717, 1.165) is 22.8 Å². The highest BCUT2D eigenvalue weighted by molar-refractivity contribution is 6.29. The number of aromatic nitrogens is 1. The molecule has 2 aromatic rings. The molecule has 3 nitrogen and oxygen atoms in total. The summed E-state index contributed by atoms with van der Waals surface area (Å²) in [5.41, 5.74) is 2.04. The van der Waals surface area contributed by atoms with Crippen molar-refractivity contribution in [3.05, 3.63) is 46.6 Å². The van der Waals surface area contributed by atoms with Crippen molar-refractivity contribution >= 4 is 17.3 Å². The molecule has 0 unspecified atom stereocenters. The van der Waals surface area contributed by atoms with Crippen molar-refractivity contribution in [1.82, 2.24) is 4.98 Å². The summed E-state index contributed by atoms with van der Waals surface area (Å²) >= 11 is 5.78. The van der Waals surface area contributed by atoms with Crippen molar-refractivity contribution in [2.24, 2.45) is 0 Å². The molecule has 0 amide bonds. The van der Waals surface area contributed by atoms with E-state index in [1.165, 1.54) is 0 Å². The maximum atomic E-state index is 5.78. The monoisotopic (exact) mass is 236 g/mol. The normalized spacial score (nSPS) is 10.4. The van der Waals surface area contributed by atoms with Gasteiger partial charge in [0, 0.05) is 0 Å². The van der Waals surface area contributed by atoms with Crippen LogP contribution in [0.4, 0.5) is 5.69 Å². The highest BCUT2D eigenvalue weighted by atomic mass is 35.5. The Morgan fingerprint density at radius 3 is 2.81 bits per heavy atom. The molecule has 16 heavy (non-hydrogen) atoms. The van der Waals surface area contributed by atoms with Crippen LogP contribution in [0.1, 0.15) is 17.1 Å². The van der Waals surface area contributed by atoms with Crippen molar-refractivity contribution in [2.75, 3.05) is 5.32 Å². The predicted molar refractivity (Wildman–Crippen MR) is 64.8 cm³/mol. The maximum Gasteiger partial charge on any atom is 0.129 e. The molecule has 0 fully saturated rings. The first-order valence-electron chi connectivity index (χ1n) is 5.06. The molecule has 0 spiro atoms. The van der Waals surface area contributed by atoms with Crippen LogP contribution in [0.2, 0.25) is 5.15 Å². The topological polar surface area (TPSA) is 38.1 Å². The van der Waals surface area contributed by atoms with Gasteiger partial charge in [0.2, 0.25) is 0 Å². The van der Waals surface area contributed by atoms with Gasteiger partial charge in [-0.25, -0.2) is 4.98 Å². The van der Waals surface area contributed by atoms with Crippen molar-refractivity contribution in [1.29, 1.82) is 0 Å². The Kier molecular flexibility index (Phi) is 3.15. The third kappa shape index (κ3) is 2.55. The van der Waals surface area contributed by atoms with Crippen LogP contribution in [0.5, 0.6) is 0 Å². The van der Waals surface area contributed by atoms with E-state index in [0.29, 0.717) is 11.7 Å². The van der Waals surface area contributed by atoms with E-state index in [-0.39, 0.29) is 0 Å². The van der Waals surface area contributed by atoms with Gasteiger partial charge in [0.05, 0.1) is 18.4 Å². The standard InChI is InChI=1S/C12H13ClN2O/c1-8-5-12(13)15-7-11(8)14-6-10-4-3-9(2)16-10/h3-5,7,14H,6H2,1-2H3. The number of pyridine rings is 1. The smallest absolute Gasteiger partial charge is 0.129 e. The van der Waals surface area contributed by atoms with Gasteiger partial charge in [0.15, 0.2) is 0 Å². The summed E-state index contributed by atoms with van der Waals surface area (Å²) in [4.78, 5) is 4.03. The molecular formula is C12H13ClN2O. The molecule has 2 heterocycles. The summed E-state index contributed by atoms with van der Waals surface area (Å²) in [6, 6.07) is 5.74. The third-order valence-electron chi connectivity index (χ3n) is 2.33. The number of anilines is 1. The van der Waals surface area contributed by atoms with Gasteiger partial charge < -0.3 is 9.73 Å². The van der Waals surface area contributed by atoms with Gasteiger partial charge in [0.25, 0.3) is 0 Å². The van der Waals surface area contributed by atoms with Gasteiger partial charge in [-0.3, -0.25) is 0 Å². The molecule has 0 aromatic carbocycles. The average Bonchev–Trinajstić information content (AvgIpc) is 2.63. The lowest BCUT2D eigenvalue weighted by atomic mass is 10.2. The summed E-state index contributed by atoms with van der Waals surface area (Å²) < 4.78 is 5.46. The minimum atomic E-state index is 0.511. The number of nitrogens with zero attached hydrogens (tertiary/aromatic N) is 1. The van der Waals surface area contributed by atoms with Gasteiger partial charge in [-0.1, -0.05) is 11.6 Å². The lowest BCUT2D eigenvalue weighted by Crippen LogP contribution is -2.00. The number of nitrogens with one attached hydrogen (secondary N) is 1. The molecule has 84 valence electrons. The molecule has 0 radical (unpaired) electrons. The second-order valence-corrected chi connectivity index (χ2v) is 4.08. The lowest BCUT2D eigenvalue weighted by molar-refractivity contribution is 0.490. The molecule has 0 atom stereocenters. The highest BCUT2D eigenvalue weighted by Crippen LogP contribution is 2.18. The minimum Gasteiger partial charge on any atom is -0.465 e. The van der Waals surface area contributed by atoms with E-state index < -0.39 is 0 Å². The molecule has 1 N–H and O–H groups in total. The molecule has 0 aliphatic rings. The van der Waals surface area contributed by atoms with E-state index in [4.69, 9.17) is 16.0 Å². The Hall–Kier alpha value is -1.48. The Morgan fingerprint density at radius 2 is 2.19 bits per heavy atom. The second-order valence-electron chi connectivity index (χ2n) is 3.69. The quantitative estimate of drug-likeness (QED) is 0.829. The van der Waals surface area contributed by atoms with Crippen LogP contribution in [0, 0.1) is 13.8 Å². The van der Waals surface area contributed by atoms with E-state index in [9.17, 15) is 0 Å². The lowest BCUT2D eigenvalue weighted by Gasteiger charge is -2.07. The number of hydrogen-bond acceptors (Lipinski definition) is 3. The summed E-state index contributed by atoms with van der Waals surface area (Å²) in [5, 5.41) is 3.77. The summed E-state index contributed by atoms with van der Waals surface area (Å²) in [6.45, 7) is 4.57. The third-order valence-corrected chi connectivity index (χ3v) is 2.53. The first-order valence-corrected chi connectivity index (χ1v) is 5.44. The Bertz CT molecular complexity index is 494. The van der Waals surface area contributed by atoms with Crippen LogP contribution < -0.4 is 5.32 Å². The Labute approximate surface area is 99.5 Å². The van der Waals surface area contributed by atoms with Crippen LogP contribution in [-0.4, -0.2) is 4.98 Å². The number of rotatable bonds is 3. The molecule has 0 saturated heterocycles. The number of aryl methyl sites for hydroxylation is 2. The van der Waals surface area contributed by atoms with Gasteiger partial charge in [0.1, 0.15) is 16.7 Å². The van der Waals surface area contributed by atoms with Gasteiger partial charge in [-0.05, 0) is 37.6 Å². The first kappa shape index (κ1) is 11.0. The SMILES string of the molecule is Cc1ccc(CNc2cnc(Cl)cc2C)o1. The fourth-order valence-electron chi connectivity index (χ4n) is 1.47. The molecule has 0 saturated carbocycles. The van der Waals surface area contributed by atoms with Gasteiger partial charge in [-0.15, -0.1) is 0 Å². The molecule has 0 bridgehead atoms. The highest BCUT2D eigenvalue weighted by Gasteiger charge is 2.02. The fourth-order valence-corrected chi connectivity index (χ4v) is 1.68. The average molecular weight is 237 g/mol. The molecule has 2 rings (SSSR count). The van der Waals surface area contributed by atoms with E-state index in [1.54, 1.807) is 6.20 Å². The Balaban J connectivity index is 2.04. The zero-order chi connectivity index (χ0) is 11.5. The molecule has 2 aromatic heterocycles. The van der Waals surface area contributed by atoms with Crippen LogP contribution in [0.3, 0.4) is 0 Å². The van der Waals surface area contributed by atoms with Crippen LogP contribution in [-0.2, 0) is 6.54 Å². The van der Waals surface area contributed by atoms with Gasteiger partial charge in [-0.2, -0.15) is 0 Å². The van der Waals surface area contributed by atoms with Crippen molar-refractivity contribution in [3.8, 4) is 0 Å². The fraction of sp³-hybridized carbons (Fsp3) is 0.250. The van der Waals surface area contributed by atoms with E-state index >= 15 is 0 Å². The van der Waals surface area contributed by atoms with Gasteiger partial charge >= 0.3 is 0 Å². The van der Waals surface area contributed by atoms with Crippen molar-refractivity contribution in [3.63, 3.8) is 0 Å². The number of halogens is 1. The van der Waals surface area contributed by atoms with Crippen LogP contribution >= 0.6 is 11.6 Å². The zero-order valence-electron chi connectivity index (χ0n) is 9.25. The second kappa shape index (κ2) is 4.58. The summed E-state index contributed by atoms with van der Waals surface area (Å²) in [7, 11) is 0. The molecule has 0 aliphatic carbocycles. The molecule has 4 heteroatoms. The van der Waals surface area contributed by atoms with Crippen molar-refractivity contribution < 1.29 is 4.42 Å². The summed E-state index contributed by atoms with van der Waals surface area (Å²) in [6.07, 6.45) is 1.73. The first-order chi connectivity index (χ1) is 7.65. The predicted octanol–water partition coefficient (Wildman–Crippen LogP) is 3.56. The Morgan fingerprint density at radius 1 is 1.38 bits per heavy atom. The number of furan rings is 1. The van der Waals surface area contributed by atoms with E-state index in [2.05, 4.69) is 10.3 Å². The van der Waals surface area contributed by atoms with E-state index in [1.807, 2.05) is 32.0 Å². The van der Waals surface area contributed by atoms with Crippen LogP contribution in [0.15, 0.2) is 28.8 Å². The summed E-state index contributed by atoms with van der Waals surface area (Å²) in [5.74, 6) is 1.83. The zero-order valence-corrected chi connectivity index (χ0v) is 10.0. The van der Waals surface area contributed by atoms with Crippen LogP contribution in [0.25, 0.3) is 0 Å². The maximum absolute atomic E-state index is 5.78. The molecular weight excluding hydrogens is 224 g/mol. The minimum absolute atomic E-state index is 0.511. The van der Waals surface area contributed by atoms with Crippen molar-refractivity contribution in [2.45, 2.75) is 20.4 Å².